The molecule has 4 aliphatic carbocycles. The summed E-state index contributed by atoms with van der Waals surface area (Å²) in [7, 11) is 0. The molecular formula is C28H34N4O3. The second-order valence-electron chi connectivity index (χ2n) is 11.2. The van der Waals surface area contributed by atoms with Gasteiger partial charge in [0.1, 0.15) is 5.69 Å². The monoisotopic (exact) mass is 474 g/mol. The van der Waals surface area contributed by atoms with Gasteiger partial charge < -0.3 is 15.1 Å². The molecule has 0 unspecified atom stereocenters. The maximum absolute atomic E-state index is 12.9. The molecule has 2 aromatic carbocycles. The van der Waals surface area contributed by atoms with E-state index in [1.165, 1.54) is 32.1 Å². The molecule has 7 nitrogen and oxygen atoms in total. The fourth-order valence-corrected chi connectivity index (χ4v) is 7.38. The van der Waals surface area contributed by atoms with Crippen molar-refractivity contribution >= 4 is 23.0 Å². The van der Waals surface area contributed by atoms with Crippen molar-refractivity contribution < 1.29 is 9.72 Å². The van der Waals surface area contributed by atoms with Crippen molar-refractivity contribution in [2.24, 2.45) is 23.7 Å². The molecule has 1 heterocycles. The van der Waals surface area contributed by atoms with Gasteiger partial charge in [-0.15, -0.1) is 0 Å². The molecule has 1 saturated heterocycles. The van der Waals surface area contributed by atoms with Crippen LogP contribution in [0.5, 0.6) is 0 Å². The second-order valence-corrected chi connectivity index (χ2v) is 11.2. The van der Waals surface area contributed by atoms with Gasteiger partial charge in [-0.05, 0) is 87.0 Å². The summed E-state index contributed by atoms with van der Waals surface area (Å²) in [6, 6.07) is 13.6. The minimum Gasteiger partial charge on any atom is -0.376 e. The Labute approximate surface area is 206 Å². The number of amides is 1. The maximum atomic E-state index is 12.9. The van der Waals surface area contributed by atoms with Crippen molar-refractivity contribution in [2.75, 3.05) is 36.4 Å². The average Bonchev–Trinajstić information content (AvgIpc) is 2.86. The molecule has 0 radical (unpaired) electrons. The van der Waals surface area contributed by atoms with Crippen LogP contribution < -0.4 is 10.2 Å². The fraction of sp³-hybridized carbons (Fsp3) is 0.536. The topological polar surface area (TPSA) is 78.7 Å². The van der Waals surface area contributed by atoms with Gasteiger partial charge >= 0.3 is 0 Å². The number of carbonyl (C=O) groups excluding carboxylic acids is 1. The molecule has 1 aliphatic heterocycles. The highest BCUT2D eigenvalue weighted by Gasteiger charge is 2.48. The lowest BCUT2D eigenvalue weighted by molar-refractivity contribution is -0.384. The molecule has 4 bridgehead atoms. The first-order valence-electron chi connectivity index (χ1n) is 13.1. The number of nitrogens with zero attached hydrogens (tertiary/aromatic N) is 3. The lowest BCUT2D eigenvalue weighted by Gasteiger charge is -2.54. The third-order valence-corrected chi connectivity index (χ3v) is 8.96. The SMILES string of the molecule is Cc1ccc(C(=O)N2CCN(c3ccc([N+](=O)[O-])c(NC4C5CC6CC(C5)CC4C6)c3)CC2)cc1. The van der Waals surface area contributed by atoms with E-state index in [2.05, 4.69) is 10.2 Å². The second kappa shape index (κ2) is 8.85. The quantitative estimate of drug-likeness (QED) is 0.482. The first-order chi connectivity index (χ1) is 16.9. The Kier molecular flexibility index (Phi) is 5.66. The Morgan fingerprint density at radius 2 is 1.54 bits per heavy atom. The predicted octanol–water partition coefficient (Wildman–Crippen LogP) is 5.10. The van der Waals surface area contributed by atoms with Gasteiger partial charge in [0, 0.05) is 49.5 Å². The number of carbonyl (C=O) groups is 1. The van der Waals surface area contributed by atoms with Gasteiger partial charge in [0.15, 0.2) is 0 Å². The van der Waals surface area contributed by atoms with Crippen LogP contribution in [0.15, 0.2) is 42.5 Å². The molecule has 7 heteroatoms. The van der Waals surface area contributed by atoms with E-state index in [0.29, 0.717) is 49.7 Å². The molecule has 0 spiro atoms. The third-order valence-electron chi connectivity index (χ3n) is 8.96. The van der Waals surface area contributed by atoms with Gasteiger partial charge in [0.05, 0.1) is 4.92 Å². The van der Waals surface area contributed by atoms with Crippen LogP contribution in [-0.2, 0) is 0 Å². The molecule has 0 aromatic heterocycles. The van der Waals surface area contributed by atoms with E-state index in [0.717, 1.165) is 28.7 Å². The molecule has 7 rings (SSSR count). The van der Waals surface area contributed by atoms with Gasteiger partial charge in [-0.1, -0.05) is 17.7 Å². The van der Waals surface area contributed by atoms with Crippen LogP contribution in [0.25, 0.3) is 0 Å². The van der Waals surface area contributed by atoms with Crippen LogP contribution in [0.4, 0.5) is 17.1 Å². The van der Waals surface area contributed by atoms with Crippen LogP contribution in [-0.4, -0.2) is 48.0 Å². The van der Waals surface area contributed by atoms with E-state index in [4.69, 9.17) is 0 Å². The van der Waals surface area contributed by atoms with Crippen molar-refractivity contribution in [3.05, 3.63) is 63.7 Å². The van der Waals surface area contributed by atoms with Gasteiger partial charge in [-0.3, -0.25) is 14.9 Å². The highest BCUT2D eigenvalue weighted by atomic mass is 16.6. The summed E-state index contributed by atoms with van der Waals surface area (Å²) in [6.07, 6.45) is 6.49. The minimum absolute atomic E-state index is 0.0672. The number of anilines is 2. The predicted molar refractivity (Wildman–Crippen MR) is 137 cm³/mol. The first-order valence-corrected chi connectivity index (χ1v) is 13.1. The highest BCUT2D eigenvalue weighted by Crippen LogP contribution is 2.54. The van der Waals surface area contributed by atoms with Crippen molar-refractivity contribution in [1.29, 1.82) is 0 Å². The maximum Gasteiger partial charge on any atom is 0.292 e. The molecule has 1 N–H and O–H groups in total. The van der Waals surface area contributed by atoms with Crippen LogP contribution >= 0.6 is 0 Å². The Hall–Kier alpha value is -3.09. The number of benzene rings is 2. The smallest absolute Gasteiger partial charge is 0.292 e. The zero-order valence-electron chi connectivity index (χ0n) is 20.4. The average molecular weight is 475 g/mol. The Balaban J connectivity index is 1.16. The zero-order chi connectivity index (χ0) is 24.1. The van der Waals surface area contributed by atoms with Crippen LogP contribution in [0, 0.1) is 40.7 Å². The molecule has 35 heavy (non-hydrogen) atoms. The number of piperazine rings is 1. The molecule has 1 amide bonds. The largest absolute Gasteiger partial charge is 0.376 e. The Bertz CT molecular complexity index is 1100. The van der Waals surface area contributed by atoms with Crippen molar-refractivity contribution in [2.45, 2.75) is 45.1 Å². The molecule has 0 atom stereocenters. The summed E-state index contributed by atoms with van der Waals surface area (Å²) in [6.45, 7) is 4.73. The number of hydrogen-bond donors (Lipinski definition) is 1. The molecule has 5 fully saturated rings. The van der Waals surface area contributed by atoms with Crippen LogP contribution in [0.3, 0.4) is 0 Å². The van der Waals surface area contributed by atoms with Gasteiger partial charge in [0.2, 0.25) is 0 Å². The molecule has 4 saturated carbocycles. The van der Waals surface area contributed by atoms with E-state index in [1.54, 1.807) is 6.07 Å². The summed E-state index contributed by atoms with van der Waals surface area (Å²) in [5.74, 6) is 3.10. The summed E-state index contributed by atoms with van der Waals surface area (Å²) in [4.78, 5) is 28.6. The first kappa shape index (κ1) is 22.4. The molecule has 184 valence electrons. The summed E-state index contributed by atoms with van der Waals surface area (Å²) < 4.78 is 0. The van der Waals surface area contributed by atoms with Crippen LogP contribution in [0.2, 0.25) is 0 Å². The Morgan fingerprint density at radius 3 is 2.14 bits per heavy atom. The van der Waals surface area contributed by atoms with E-state index in [-0.39, 0.29) is 16.5 Å². The number of nitrogens with one attached hydrogen (secondary N) is 1. The van der Waals surface area contributed by atoms with E-state index < -0.39 is 0 Å². The number of hydrogen-bond acceptors (Lipinski definition) is 5. The minimum atomic E-state index is -0.264. The number of nitro benzene ring substituents is 1. The summed E-state index contributed by atoms with van der Waals surface area (Å²) in [5.41, 5.74) is 3.67. The van der Waals surface area contributed by atoms with Crippen molar-refractivity contribution in [1.82, 2.24) is 4.90 Å². The van der Waals surface area contributed by atoms with Crippen molar-refractivity contribution in [3.8, 4) is 0 Å². The lowest BCUT2D eigenvalue weighted by atomic mass is 9.54. The number of aryl methyl sites for hydroxylation is 1. The molecular weight excluding hydrogens is 440 g/mol. The molecule has 5 aliphatic rings. The van der Waals surface area contributed by atoms with Gasteiger partial charge in [0.25, 0.3) is 11.6 Å². The fourth-order valence-electron chi connectivity index (χ4n) is 7.38. The summed E-state index contributed by atoms with van der Waals surface area (Å²) in [5, 5.41) is 15.5. The Morgan fingerprint density at radius 1 is 0.914 bits per heavy atom. The zero-order valence-corrected chi connectivity index (χ0v) is 20.4. The van der Waals surface area contributed by atoms with E-state index in [9.17, 15) is 14.9 Å². The third kappa shape index (κ3) is 4.26. The van der Waals surface area contributed by atoms with E-state index >= 15 is 0 Å². The van der Waals surface area contributed by atoms with Crippen LogP contribution in [0.1, 0.15) is 48.0 Å². The van der Waals surface area contributed by atoms with Gasteiger partial charge in [-0.25, -0.2) is 0 Å². The van der Waals surface area contributed by atoms with Crippen molar-refractivity contribution in [3.63, 3.8) is 0 Å². The highest BCUT2D eigenvalue weighted by molar-refractivity contribution is 5.94. The van der Waals surface area contributed by atoms with E-state index in [1.807, 2.05) is 48.2 Å². The number of nitro groups is 1. The van der Waals surface area contributed by atoms with Gasteiger partial charge in [-0.2, -0.15) is 0 Å². The standard InChI is InChI=1S/C28H34N4O3/c1-18-2-4-21(5-3-18)28(33)31-10-8-30(9-11-31)24-6-7-26(32(34)35)25(17-24)29-27-22-13-19-12-20(15-22)16-23(27)14-19/h2-7,17,19-20,22-23,27,29H,8-16H2,1H3. The molecule has 2 aromatic rings. The summed E-state index contributed by atoms with van der Waals surface area (Å²) >= 11 is 0. The number of rotatable bonds is 5. The lowest BCUT2D eigenvalue weighted by Crippen LogP contribution is -2.51. The normalized spacial score (nSPS) is 29.3.